The van der Waals surface area contributed by atoms with Gasteiger partial charge in [-0.1, -0.05) is 19.4 Å². The highest BCUT2D eigenvalue weighted by molar-refractivity contribution is 5.90. The van der Waals surface area contributed by atoms with Crippen molar-refractivity contribution >= 4 is 46.4 Å². The van der Waals surface area contributed by atoms with Crippen molar-refractivity contribution in [1.29, 1.82) is 0 Å². The Morgan fingerprint density at radius 1 is 0.730 bits per heavy atom. The molecule has 2 aliphatic heterocycles. The molecule has 0 atom stereocenters. The van der Waals surface area contributed by atoms with E-state index >= 15 is 0 Å². The number of aromatic amines is 2. The van der Waals surface area contributed by atoms with Crippen molar-refractivity contribution in [3.8, 4) is 11.3 Å². The number of H-pyrrole nitrogens is 2. The van der Waals surface area contributed by atoms with E-state index in [2.05, 4.69) is 53.3 Å². The predicted octanol–water partition coefficient (Wildman–Crippen LogP) is 7.08. The molecule has 0 aliphatic carbocycles. The van der Waals surface area contributed by atoms with Crippen molar-refractivity contribution < 1.29 is 4.74 Å². The lowest BCUT2D eigenvalue weighted by Crippen LogP contribution is -2.01. The molecule has 8 bridgehead atoms. The molecular weight excluding hydrogens is 458 g/mol. The summed E-state index contributed by atoms with van der Waals surface area (Å²) in [4.78, 5) is 21.5. The van der Waals surface area contributed by atoms with E-state index in [-0.39, 0.29) is 0 Å². The van der Waals surface area contributed by atoms with Crippen molar-refractivity contribution in [3.63, 3.8) is 0 Å². The van der Waals surface area contributed by atoms with Gasteiger partial charge in [0, 0.05) is 34.9 Å². The molecule has 0 saturated heterocycles. The largest absolute Gasteiger partial charge is 0.381 e. The highest BCUT2D eigenvalue weighted by Crippen LogP contribution is 2.32. The lowest BCUT2D eigenvalue weighted by atomic mass is 10.0. The zero-order valence-corrected chi connectivity index (χ0v) is 20.9. The molecule has 37 heavy (non-hydrogen) atoms. The summed E-state index contributed by atoms with van der Waals surface area (Å²) < 4.78 is 5.98. The van der Waals surface area contributed by atoms with Crippen molar-refractivity contribution in [2.45, 2.75) is 26.2 Å². The summed E-state index contributed by atoms with van der Waals surface area (Å²) in [6.07, 6.45) is 12.9. The fourth-order valence-electron chi connectivity index (χ4n) is 4.72. The Balaban J connectivity index is 1.60. The summed E-state index contributed by atoms with van der Waals surface area (Å²) in [5.41, 5.74) is 10.8. The van der Waals surface area contributed by atoms with Gasteiger partial charge in [0.2, 0.25) is 0 Å². The molecule has 0 spiro atoms. The standard InChI is InChI=1S/C31H29N5O/c1-2-3-15-37-16-13-27-29-19-25-11-9-23(34-25)17-21-7-8-22(33-21)18-24-10-12-26(35-24)20-30(36-29)31(27)28-6-4-5-14-32-28/h4-12,14,17-20,34,36H,2-3,13,15-16H2,1H3. The molecule has 0 saturated carbocycles. The molecule has 2 N–H and O–H groups in total. The monoisotopic (exact) mass is 487 g/mol. The summed E-state index contributed by atoms with van der Waals surface area (Å²) in [6.45, 7) is 3.61. The van der Waals surface area contributed by atoms with Gasteiger partial charge in [-0.3, -0.25) is 4.98 Å². The zero-order chi connectivity index (χ0) is 25.0. The van der Waals surface area contributed by atoms with Crippen LogP contribution in [0.1, 0.15) is 48.1 Å². The second-order valence-corrected chi connectivity index (χ2v) is 9.27. The average Bonchev–Trinajstić information content (AvgIpc) is 3.70. The minimum Gasteiger partial charge on any atom is -0.381 e. The molecule has 184 valence electrons. The minimum atomic E-state index is 0.653. The second-order valence-electron chi connectivity index (χ2n) is 9.27. The maximum Gasteiger partial charge on any atom is 0.0726 e. The molecule has 2 aliphatic rings. The van der Waals surface area contributed by atoms with Crippen LogP contribution in [0.15, 0.2) is 60.8 Å². The molecule has 4 aromatic heterocycles. The number of hydrogen-bond acceptors (Lipinski definition) is 4. The molecule has 0 radical (unpaired) electrons. The first-order valence-corrected chi connectivity index (χ1v) is 12.8. The summed E-state index contributed by atoms with van der Waals surface area (Å²) in [6, 6.07) is 18.5. The first-order chi connectivity index (χ1) is 18.2. The number of nitrogens with one attached hydrogen (secondary N) is 2. The highest BCUT2D eigenvalue weighted by atomic mass is 16.5. The zero-order valence-electron chi connectivity index (χ0n) is 20.9. The number of hydrogen-bond donors (Lipinski definition) is 2. The van der Waals surface area contributed by atoms with Crippen molar-refractivity contribution in [3.05, 3.63) is 89.1 Å². The molecule has 6 rings (SSSR count). The number of unbranched alkanes of at least 4 members (excludes halogenated alkanes) is 1. The normalized spacial score (nSPS) is 12.4. The lowest BCUT2D eigenvalue weighted by molar-refractivity contribution is 0.134. The van der Waals surface area contributed by atoms with E-state index in [0.717, 1.165) is 82.0 Å². The van der Waals surface area contributed by atoms with Gasteiger partial charge >= 0.3 is 0 Å². The van der Waals surface area contributed by atoms with E-state index in [9.17, 15) is 0 Å². The van der Waals surface area contributed by atoms with Crippen molar-refractivity contribution in [2.24, 2.45) is 0 Å². The van der Waals surface area contributed by atoms with Crippen LogP contribution in [-0.2, 0) is 11.2 Å². The first kappa shape index (κ1) is 23.1. The third-order valence-corrected chi connectivity index (χ3v) is 6.51. The Kier molecular flexibility index (Phi) is 6.48. The maximum atomic E-state index is 5.98. The fraction of sp³-hybridized carbons (Fsp3) is 0.194. The quantitative estimate of drug-likeness (QED) is 0.236. The van der Waals surface area contributed by atoms with Crippen LogP contribution in [-0.4, -0.2) is 38.1 Å². The van der Waals surface area contributed by atoms with Gasteiger partial charge in [0.1, 0.15) is 0 Å². The fourth-order valence-corrected chi connectivity index (χ4v) is 4.72. The van der Waals surface area contributed by atoms with Gasteiger partial charge in [-0.25, -0.2) is 9.97 Å². The highest BCUT2D eigenvalue weighted by Gasteiger charge is 2.15. The third kappa shape index (κ3) is 5.15. The van der Waals surface area contributed by atoms with Crippen LogP contribution in [0.25, 0.3) is 57.6 Å². The van der Waals surface area contributed by atoms with Crippen LogP contribution in [0.3, 0.4) is 0 Å². The van der Waals surface area contributed by atoms with E-state index in [1.807, 2.05) is 48.7 Å². The number of ether oxygens (including phenoxy) is 1. The molecule has 6 nitrogen and oxygen atoms in total. The van der Waals surface area contributed by atoms with Gasteiger partial charge in [-0.05, 0) is 91.2 Å². The van der Waals surface area contributed by atoms with Crippen LogP contribution >= 0.6 is 0 Å². The van der Waals surface area contributed by atoms with Gasteiger partial charge in [-0.15, -0.1) is 0 Å². The summed E-state index contributed by atoms with van der Waals surface area (Å²) in [5.74, 6) is 0. The predicted molar refractivity (Wildman–Crippen MR) is 152 cm³/mol. The summed E-state index contributed by atoms with van der Waals surface area (Å²) in [7, 11) is 0. The van der Waals surface area contributed by atoms with Gasteiger partial charge in [-0.2, -0.15) is 0 Å². The molecule has 0 aromatic carbocycles. The first-order valence-electron chi connectivity index (χ1n) is 12.8. The van der Waals surface area contributed by atoms with Crippen molar-refractivity contribution in [2.75, 3.05) is 13.2 Å². The molecule has 0 unspecified atom stereocenters. The van der Waals surface area contributed by atoms with Crippen LogP contribution in [0, 0.1) is 0 Å². The number of rotatable bonds is 7. The number of fused-ring (bicyclic) bond motifs is 8. The van der Waals surface area contributed by atoms with Crippen LogP contribution in [0.2, 0.25) is 0 Å². The molecule has 4 aromatic rings. The third-order valence-electron chi connectivity index (χ3n) is 6.51. The maximum absolute atomic E-state index is 5.98. The Hall–Kier alpha value is -4.29. The van der Waals surface area contributed by atoms with Gasteiger partial charge < -0.3 is 14.7 Å². The van der Waals surface area contributed by atoms with E-state index in [4.69, 9.17) is 19.7 Å². The Morgan fingerprint density at radius 2 is 1.46 bits per heavy atom. The number of aromatic nitrogens is 5. The molecular formula is C31H29N5O. The Labute approximate surface area is 215 Å². The molecule has 6 heteroatoms. The summed E-state index contributed by atoms with van der Waals surface area (Å²) >= 11 is 0. The average molecular weight is 488 g/mol. The van der Waals surface area contributed by atoms with Crippen LogP contribution in [0.5, 0.6) is 0 Å². The Morgan fingerprint density at radius 3 is 2.19 bits per heavy atom. The summed E-state index contributed by atoms with van der Waals surface area (Å²) in [5, 5.41) is 0. The van der Waals surface area contributed by atoms with E-state index in [1.54, 1.807) is 0 Å². The minimum absolute atomic E-state index is 0.653. The smallest absolute Gasteiger partial charge is 0.0726 e. The topological polar surface area (TPSA) is 79.5 Å². The van der Waals surface area contributed by atoms with Gasteiger partial charge in [0.15, 0.2) is 0 Å². The Bertz CT molecular complexity index is 1640. The lowest BCUT2D eigenvalue weighted by Gasteiger charge is -2.06. The van der Waals surface area contributed by atoms with E-state index in [0.29, 0.717) is 6.61 Å². The SMILES string of the molecule is CCCCOCCc1c(-c2ccccn2)c2cc3nc(cc4nc(cc5ccc(cc1[nH]2)[nH]5)C=C4)C=C3. The second kappa shape index (κ2) is 10.4. The van der Waals surface area contributed by atoms with Crippen LogP contribution < -0.4 is 0 Å². The molecule has 0 fully saturated rings. The van der Waals surface area contributed by atoms with Crippen LogP contribution in [0.4, 0.5) is 0 Å². The molecule has 0 amide bonds. The molecule has 6 heterocycles. The van der Waals surface area contributed by atoms with E-state index in [1.165, 1.54) is 5.56 Å². The number of pyridine rings is 1. The van der Waals surface area contributed by atoms with Crippen molar-refractivity contribution in [1.82, 2.24) is 24.9 Å². The van der Waals surface area contributed by atoms with Gasteiger partial charge in [0.05, 0.1) is 40.6 Å². The van der Waals surface area contributed by atoms with E-state index < -0.39 is 0 Å². The van der Waals surface area contributed by atoms with Gasteiger partial charge in [0.25, 0.3) is 0 Å². The number of nitrogens with zero attached hydrogens (tertiary/aromatic N) is 3.